The first-order valence-corrected chi connectivity index (χ1v) is 5.02. The number of hydrogen-bond donors (Lipinski definition) is 0. The van der Waals surface area contributed by atoms with Crippen molar-refractivity contribution in [2.24, 2.45) is 0 Å². The fraction of sp³-hybridized carbons (Fsp3) is 0.250. The average molecular weight is 225 g/mol. The van der Waals surface area contributed by atoms with Gasteiger partial charge in [-0.25, -0.2) is 0 Å². The van der Waals surface area contributed by atoms with Crippen LogP contribution in [0.25, 0.3) is 6.08 Å². The molecule has 2 nitrogen and oxygen atoms in total. The molecule has 0 aliphatic carbocycles. The van der Waals surface area contributed by atoms with Gasteiger partial charge in [0.2, 0.25) is 0 Å². The van der Waals surface area contributed by atoms with E-state index in [2.05, 4.69) is 0 Å². The van der Waals surface area contributed by atoms with Crippen molar-refractivity contribution in [3.8, 4) is 0 Å². The first-order chi connectivity index (χ1) is 7.09. The van der Waals surface area contributed by atoms with Gasteiger partial charge >= 0.3 is 5.97 Å². The zero-order valence-electron chi connectivity index (χ0n) is 8.79. The van der Waals surface area contributed by atoms with Crippen LogP contribution in [0.15, 0.2) is 29.8 Å². The summed E-state index contributed by atoms with van der Waals surface area (Å²) in [4.78, 5) is 10.6. The van der Waals surface area contributed by atoms with Crippen molar-refractivity contribution in [3.63, 3.8) is 0 Å². The maximum absolute atomic E-state index is 10.6. The Morgan fingerprint density at radius 1 is 1.40 bits per heavy atom. The van der Waals surface area contributed by atoms with Crippen molar-refractivity contribution in [1.29, 1.82) is 0 Å². The normalized spacial score (nSPS) is 11.3. The zero-order chi connectivity index (χ0) is 11.3. The number of halogens is 1. The summed E-state index contributed by atoms with van der Waals surface area (Å²) in [5, 5.41) is 0.694. The quantitative estimate of drug-likeness (QED) is 0.737. The van der Waals surface area contributed by atoms with E-state index in [9.17, 15) is 4.79 Å². The second-order valence-corrected chi connectivity index (χ2v) is 3.70. The van der Waals surface area contributed by atoms with Crippen LogP contribution in [0.1, 0.15) is 19.4 Å². The molecule has 0 heterocycles. The van der Waals surface area contributed by atoms with Gasteiger partial charge in [0.05, 0.1) is 0 Å². The molecule has 0 saturated carbocycles. The Balaban J connectivity index is 2.70. The van der Waals surface area contributed by atoms with E-state index in [1.165, 1.54) is 6.92 Å². The largest absolute Gasteiger partial charge is 0.461 e. The molecule has 0 aromatic heterocycles. The topological polar surface area (TPSA) is 26.3 Å². The van der Waals surface area contributed by atoms with Crippen molar-refractivity contribution in [3.05, 3.63) is 40.4 Å². The fourth-order valence-corrected chi connectivity index (χ4v) is 1.31. The Morgan fingerprint density at radius 2 is 2.07 bits per heavy atom. The van der Waals surface area contributed by atoms with E-state index in [1.807, 2.05) is 37.3 Å². The molecule has 0 atom stereocenters. The van der Waals surface area contributed by atoms with Gasteiger partial charge in [-0.3, -0.25) is 4.79 Å². The first-order valence-electron chi connectivity index (χ1n) is 4.64. The molecule has 0 aliphatic rings. The molecule has 0 radical (unpaired) electrons. The number of esters is 1. The molecule has 0 bridgehead atoms. The Hall–Kier alpha value is -1.28. The highest BCUT2D eigenvalue weighted by atomic mass is 35.5. The lowest BCUT2D eigenvalue weighted by Gasteiger charge is -2.03. The van der Waals surface area contributed by atoms with E-state index in [1.54, 1.807) is 0 Å². The lowest BCUT2D eigenvalue weighted by atomic mass is 10.1. The molecule has 0 unspecified atom stereocenters. The molecule has 1 aromatic rings. The number of benzene rings is 1. The summed E-state index contributed by atoms with van der Waals surface area (Å²) in [6.07, 6.45) is 1.91. The molecule has 0 N–H and O–H groups in total. The van der Waals surface area contributed by atoms with Gasteiger partial charge in [-0.1, -0.05) is 35.9 Å². The first kappa shape index (κ1) is 11.8. The highest BCUT2D eigenvalue weighted by Crippen LogP contribution is 2.18. The van der Waals surface area contributed by atoms with E-state index in [-0.39, 0.29) is 5.97 Å². The summed E-state index contributed by atoms with van der Waals surface area (Å²) in [6.45, 7) is 3.59. The zero-order valence-corrected chi connectivity index (χ0v) is 9.54. The smallest absolute Gasteiger partial charge is 0.302 e. The lowest BCUT2D eigenvalue weighted by molar-refractivity contribution is -0.139. The van der Waals surface area contributed by atoms with Gasteiger partial charge in [0.15, 0.2) is 0 Å². The molecule has 80 valence electrons. The van der Waals surface area contributed by atoms with Gasteiger partial charge in [0, 0.05) is 11.9 Å². The highest BCUT2D eigenvalue weighted by Gasteiger charge is 1.98. The molecule has 15 heavy (non-hydrogen) atoms. The second-order valence-electron chi connectivity index (χ2n) is 3.29. The standard InChI is InChI=1S/C12H13ClO2/c1-9(8-15-10(2)14)7-11-5-3-4-6-12(11)13/h3-7H,8H2,1-2H3/b9-7+. The monoisotopic (exact) mass is 224 g/mol. The predicted octanol–water partition coefficient (Wildman–Crippen LogP) is 3.31. The number of hydrogen-bond acceptors (Lipinski definition) is 2. The summed E-state index contributed by atoms with van der Waals surface area (Å²) in [5.74, 6) is -0.276. The van der Waals surface area contributed by atoms with Crippen molar-refractivity contribution < 1.29 is 9.53 Å². The predicted molar refractivity (Wildman–Crippen MR) is 61.7 cm³/mol. The van der Waals surface area contributed by atoms with Gasteiger partial charge in [-0.15, -0.1) is 0 Å². The molecule has 3 heteroatoms. The maximum atomic E-state index is 10.6. The molecule has 1 rings (SSSR count). The molecule has 1 aromatic carbocycles. The Kier molecular flexibility index (Phi) is 4.37. The molecule has 0 saturated heterocycles. The van der Waals surface area contributed by atoms with Gasteiger partial charge < -0.3 is 4.74 Å². The molecule has 0 aliphatic heterocycles. The number of ether oxygens (including phenoxy) is 1. The lowest BCUT2D eigenvalue weighted by Crippen LogP contribution is -2.01. The van der Waals surface area contributed by atoms with Gasteiger partial charge in [-0.2, -0.15) is 0 Å². The minimum Gasteiger partial charge on any atom is -0.461 e. The van der Waals surface area contributed by atoms with Crippen LogP contribution in [0.3, 0.4) is 0 Å². The minimum absolute atomic E-state index is 0.276. The summed E-state index contributed by atoms with van der Waals surface area (Å²) in [5.41, 5.74) is 1.89. The number of carbonyl (C=O) groups is 1. The van der Waals surface area contributed by atoms with Crippen LogP contribution >= 0.6 is 11.6 Å². The van der Waals surface area contributed by atoms with Crippen molar-refractivity contribution in [2.45, 2.75) is 13.8 Å². The van der Waals surface area contributed by atoms with Crippen molar-refractivity contribution in [2.75, 3.05) is 6.61 Å². The van der Waals surface area contributed by atoms with E-state index in [0.717, 1.165) is 11.1 Å². The maximum Gasteiger partial charge on any atom is 0.302 e. The van der Waals surface area contributed by atoms with Crippen LogP contribution in [-0.4, -0.2) is 12.6 Å². The minimum atomic E-state index is -0.276. The molecular formula is C12H13ClO2. The summed E-state index contributed by atoms with van der Waals surface area (Å²) in [6, 6.07) is 7.53. The van der Waals surface area contributed by atoms with Crippen LogP contribution in [0.2, 0.25) is 5.02 Å². The Bertz CT molecular complexity index is 383. The van der Waals surface area contributed by atoms with Crippen LogP contribution in [0.5, 0.6) is 0 Å². The SMILES string of the molecule is CC(=O)OC/C(C)=C/c1ccccc1Cl. The van der Waals surface area contributed by atoms with E-state index in [0.29, 0.717) is 11.6 Å². The number of carbonyl (C=O) groups excluding carboxylic acids is 1. The number of rotatable bonds is 3. The van der Waals surface area contributed by atoms with E-state index in [4.69, 9.17) is 16.3 Å². The van der Waals surface area contributed by atoms with Crippen molar-refractivity contribution >= 4 is 23.6 Å². The molecule has 0 amide bonds. The summed E-state index contributed by atoms with van der Waals surface area (Å²) >= 11 is 5.98. The molecular weight excluding hydrogens is 212 g/mol. The van der Waals surface area contributed by atoms with Crippen molar-refractivity contribution in [1.82, 2.24) is 0 Å². The van der Waals surface area contributed by atoms with Crippen LogP contribution in [0.4, 0.5) is 0 Å². The summed E-state index contributed by atoms with van der Waals surface area (Å²) in [7, 11) is 0. The third-order valence-electron chi connectivity index (χ3n) is 1.81. The molecule has 0 spiro atoms. The van der Waals surface area contributed by atoms with Gasteiger partial charge in [0.25, 0.3) is 0 Å². The van der Waals surface area contributed by atoms with Crippen LogP contribution < -0.4 is 0 Å². The third kappa shape index (κ3) is 4.17. The molecule has 0 fully saturated rings. The fourth-order valence-electron chi connectivity index (χ4n) is 1.11. The van der Waals surface area contributed by atoms with E-state index >= 15 is 0 Å². The second kappa shape index (κ2) is 5.56. The average Bonchev–Trinajstić information content (AvgIpc) is 2.18. The third-order valence-corrected chi connectivity index (χ3v) is 2.15. The summed E-state index contributed by atoms with van der Waals surface area (Å²) < 4.78 is 4.87. The van der Waals surface area contributed by atoms with Crippen LogP contribution in [0, 0.1) is 0 Å². The highest BCUT2D eigenvalue weighted by molar-refractivity contribution is 6.32. The van der Waals surface area contributed by atoms with E-state index < -0.39 is 0 Å². The Labute approximate surface area is 94.5 Å². The van der Waals surface area contributed by atoms with Gasteiger partial charge in [0.1, 0.15) is 6.61 Å². The van der Waals surface area contributed by atoms with Crippen LogP contribution in [-0.2, 0) is 9.53 Å². The Morgan fingerprint density at radius 3 is 2.67 bits per heavy atom. The van der Waals surface area contributed by atoms with Gasteiger partial charge in [-0.05, 0) is 24.1 Å².